The highest BCUT2D eigenvalue weighted by molar-refractivity contribution is 7.93. The lowest BCUT2D eigenvalue weighted by molar-refractivity contribution is 0.171. The molecular formula is C22H21ClN2O7S2. The van der Waals surface area contributed by atoms with Gasteiger partial charge in [-0.15, -0.1) is 0 Å². The number of fused-ring (bicyclic) bond motifs is 1. The van der Waals surface area contributed by atoms with Crippen molar-refractivity contribution >= 4 is 43.0 Å². The number of sulfonamides is 2. The van der Waals surface area contributed by atoms with Gasteiger partial charge in [-0.3, -0.25) is 9.44 Å². The van der Waals surface area contributed by atoms with Gasteiger partial charge in [0.25, 0.3) is 20.0 Å². The third-order valence-electron chi connectivity index (χ3n) is 4.71. The van der Waals surface area contributed by atoms with Crippen molar-refractivity contribution in [2.75, 3.05) is 29.3 Å². The van der Waals surface area contributed by atoms with Crippen LogP contribution in [0, 0.1) is 0 Å². The Balaban J connectivity index is 1.57. The topological polar surface area (TPSA) is 120 Å². The second kappa shape index (κ2) is 9.61. The third-order valence-corrected chi connectivity index (χ3v) is 7.96. The number of hydrogen-bond acceptors (Lipinski definition) is 7. The molecule has 0 amide bonds. The number of ether oxygens (including phenoxy) is 3. The fourth-order valence-electron chi connectivity index (χ4n) is 3.17. The minimum atomic E-state index is -4.12. The number of rotatable bonds is 8. The van der Waals surface area contributed by atoms with E-state index in [4.69, 9.17) is 25.8 Å². The van der Waals surface area contributed by atoms with Gasteiger partial charge < -0.3 is 14.2 Å². The average Bonchev–Trinajstić information content (AvgIpc) is 2.81. The van der Waals surface area contributed by atoms with Gasteiger partial charge in [0, 0.05) is 11.8 Å². The van der Waals surface area contributed by atoms with Crippen LogP contribution in [0.3, 0.4) is 0 Å². The molecule has 0 atom stereocenters. The van der Waals surface area contributed by atoms with Gasteiger partial charge in [-0.05, 0) is 61.5 Å². The molecule has 0 aromatic heterocycles. The zero-order chi connectivity index (χ0) is 24.3. The number of halogens is 1. The van der Waals surface area contributed by atoms with E-state index in [1.54, 1.807) is 24.3 Å². The Hall–Kier alpha value is -3.15. The Bertz CT molecular complexity index is 1410. The number of anilines is 2. The summed E-state index contributed by atoms with van der Waals surface area (Å²) in [5.74, 6) is 1.36. The molecule has 1 heterocycles. The largest absolute Gasteiger partial charge is 0.494 e. The summed E-state index contributed by atoms with van der Waals surface area (Å²) in [5.41, 5.74) is 0.313. The zero-order valence-electron chi connectivity index (χ0n) is 17.9. The molecule has 0 saturated heterocycles. The predicted octanol–water partition coefficient (Wildman–Crippen LogP) is 4.11. The maximum atomic E-state index is 12.9. The lowest BCUT2D eigenvalue weighted by atomic mass is 10.3. The molecule has 0 spiro atoms. The van der Waals surface area contributed by atoms with Crippen LogP contribution in [0.15, 0.2) is 70.5 Å². The molecule has 0 bridgehead atoms. The van der Waals surface area contributed by atoms with Crippen LogP contribution in [-0.2, 0) is 20.0 Å². The van der Waals surface area contributed by atoms with Crippen LogP contribution in [-0.4, -0.2) is 36.7 Å². The van der Waals surface area contributed by atoms with Gasteiger partial charge in [0.1, 0.15) is 23.9 Å². The highest BCUT2D eigenvalue weighted by Crippen LogP contribution is 2.33. The van der Waals surface area contributed by atoms with E-state index in [2.05, 4.69) is 9.44 Å². The van der Waals surface area contributed by atoms with Crippen molar-refractivity contribution in [3.05, 3.63) is 65.7 Å². The normalized spacial score (nSPS) is 13.2. The van der Waals surface area contributed by atoms with Crippen LogP contribution in [0.4, 0.5) is 11.4 Å². The first-order valence-electron chi connectivity index (χ1n) is 10.2. The summed E-state index contributed by atoms with van der Waals surface area (Å²) in [6.45, 7) is 3.01. The van der Waals surface area contributed by atoms with Crippen molar-refractivity contribution in [3.8, 4) is 17.2 Å². The standard InChI is InChI=1S/C22H21ClN2O7S2/c1-2-30-17-6-3-15(4-7-17)24-34(28,29)22-13-16(5-9-19(22)23)25-33(26,27)18-8-10-20-21(14-18)32-12-11-31-20/h3-10,13-14,24-25H,2,11-12H2,1H3. The Morgan fingerprint density at radius 2 is 1.47 bits per heavy atom. The molecule has 0 radical (unpaired) electrons. The van der Waals surface area contributed by atoms with Crippen molar-refractivity contribution in [1.29, 1.82) is 0 Å². The Labute approximate surface area is 202 Å². The van der Waals surface area contributed by atoms with Crippen molar-refractivity contribution in [1.82, 2.24) is 0 Å². The molecule has 4 rings (SSSR count). The maximum Gasteiger partial charge on any atom is 0.263 e. The van der Waals surface area contributed by atoms with E-state index in [1.165, 1.54) is 30.3 Å². The number of benzene rings is 3. The summed E-state index contributed by atoms with van der Waals surface area (Å²) in [5, 5.41) is -0.0688. The maximum absolute atomic E-state index is 12.9. The van der Waals surface area contributed by atoms with Gasteiger partial charge >= 0.3 is 0 Å². The molecule has 12 heteroatoms. The van der Waals surface area contributed by atoms with Crippen LogP contribution in [0.1, 0.15) is 6.92 Å². The molecule has 2 N–H and O–H groups in total. The fourth-order valence-corrected chi connectivity index (χ4v) is 5.82. The summed E-state index contributed by atoms with van der Waals surface area (Å²) in [4.78, 5) is -0.353. The Morgan fingerprint density at radius 3 is 2.18 bits per heavy atom. The van der Waals surface area contributed by atoms with Crippen LogP contribution in [0.5, 0.6) is 17.2 Å². The molecule has 9 nitrogen and oxygen atoms in total. The lowest BCUT2D eigenvalue weighted by Gasteiger charge is -2.19. The molecular weight excluding hydrogens is 504 g/mol. The molecule has 0 saturated carbocycles. The third kappa shape index (κ3) is 5.32. The predicted molar refractivity (Wildman–Crippen MR) is 128 cm³/mol. The molecule has 0 fully saturated rings. The minimum absolute atomic E-state index is 0.0198. The SMILES string of the molecule is CCOc1ccc(NS(=O)(=O)c2cc(NS(=O)(=O)c3ccc4c(c3)OCCO4)ccc2Cl)cc1. The molecule has 3 aromatic carbocycles. The van der Waals surface area contributed by atoms with Crippen LogP contribution in [0.2, 0.25) is 5.02 Å². The first kappa shape index (κ1) is 24.0. The highest BCUT2D eigenvalue weighted by Gasteiger charge is 2.23. The van der Waals surface area contributed by atoms with Crippen molar-refractivity contribution in [2.45, 2.75) is 16.7 Å². The average molecular weight is 525 g/mol. The summed E-state index contributed by atoms with van der Waals surface area (Å²) in [7, 11) is -8.17. The monoisotopic (exact) mass is 524 g/mol. The first-order chi connectivity index (χ1) is 16.2. The van der Waals surface area contributed by atoms with Gasteiger partial charge in [0.05, 0.1) is 22.2 Å². The molecule has 0 unspecified atom stereocenters. The number of hydrogen-bond donors (Lipinski definition) is 2. The first-order valence-corrected chi connectivity index (χ1v) is 13.5. The zero-order valence-corrected chi connectivity index (χ0v) is 20.3. The van der Waals surface area contributed by atoms with E-state index in [0.717, 1.165) is 6.07 Å². The van der Waals surface area contributed by atoms with E-state index in [1.807, 2.05) is 6.92 Å². The van der Waals surface area contributed by atoms with Crippen molar-refractivity contribution in [3.63, 3.8) is 0 Å². The quantitative estimate of drug-likeness (QED) is 0.455. The van der Waals surface area contributed by atoms with Crippen molar-refractivity contribution in [2.24, 2.45) is 0 Å². The van der Waals surface area contributed by atoms with Crippen LogP contribution >= 0.6 is 11.6 Å². The molecule has 34 heavy (non-hydrogen) atoms. The van der Waals surface area contributed by atoms with Crippen LogP contribution < -0.4 is 23.7 Å². The van der Waals surface area contributed by atoms with E-state index in [9.17, 15) is 16.8 Å². The number of nitrogens with one attached hydrogen (secondary N) is 2. The summed E-state index contributed by atoms with van der Waals surface area (Å²) >= 11 is 6.13. The molecule has 3 aromatic rings. The second-order valence-corrected chi connectivity index (χ2v) is 10.9. The van der Waals surface area contributed by atoms with Crippen LogP contribution in [0.25, 0.3) is 0 Å². The molecule has 180 valence electrons. The van der Waals surface area contributed by atoms with Crippen molar-refractivity contribution < 1.29 is 31.0 Å². The minimum Gasteiger partial charge on any atom is -0.494 e. The van der Waals surface area contributed by atoms with E-state index >= 15 is 0 Å². The smallest absolute Gasteiger partial charge is 0.263 e. The second-order valence-electron chi connectivity index (χ2n) is 7.12. The summed E-state index contributed by atoms with van der Waals surface area (Å²) in [6.07, 6.45) is 0. The lowest BCUT2D eigenvalue weighted by Crippen LogP contribution is -2.18. The summed E-state index contributed by atoms with van der Waals surface area (Å²) < 4.78 is 72.7. The van der Waals surface area contributed by atoms with E-state index in [-0.39, 0.29) is 20.5 Å². The van der Waals surface area contributed by atoms with Gasteiger partial charge in [-0.2, -0.15) is 0 Å². The van der Waals surface area contributed by atoms with Gasteiger partial charge in [-0.25, -0.2) is 16.8 Å². The fraction of sp³-hybridized carbons (Fsp3) is 0.182. The summed E-state index contributed by atoms with van der Waals surface area (Å²) in [6, 6.07) is 14.4. The molecule has 1 aliphatic rings. The van der Waals surface area contributed by atoms with E-state index < -0.39 is 20.0 Å². The van der Waals surface area contributed by atoms with Gasteiger partial charge in [-0.1, -0.05) is 11.6 Å². The molecule has 1 aliphatic heterocycles. The molecule has 0 aliphatic carbocycles. The van der Waals surface area contributed by atoms with Gasteiger partial charge in [0.2, 0.25) is 0 Å². The van der Waals surface area contributed by atoms with Gasteiger partial charge in [0.15, 0.2) is 11.5 Å². The highest BCUT2D eigenvalue weighted by atomic mass is 35.5. The van der Waals surface area contributed by atoms with E-state index in [0.29, 0.717) is 42.8 Å². The Kier molecular flexibility index (Phi) is 6.78. The Morgan fingerprint density at radius 1 is 0.824 bits per heavy atom.